The van der Waals surface area contributed by atoms with E-state index >= 15 is 0 Å². The van der Waals surface area contributed by atoms with E-state index in [1.54, 1.807) is 0 Å². The molecule has 6 rings (SSSR count). The number of ether oxygens (including phenoxy) is 4. The van der Waals surface area contributed by atoms with E-state index < -0.39 is 0 Å². The van der Waals surface area contributed by atoms with Gasteiger partial charge in [0.1, 0.15) is 26.4 Å². The van der Waals surface area contributed by atoms with E-state index in [9.17, 15) is 0 Å². The van der Waals surface area contributed by atoms with Crippen molar-refractivity contribution < 1.29 is 18.9 Å². The van der Waals surface area contributed by atoms with Gasteiger partial charge in [-0.15, -0.1) is 0 Å². The largest absolute Gasteiger partial charge is 0.485 e. The second kappa shape index (κ2) is 22.1. The summed E-state index contributed by atoms with van der Waals surface area (Å²) in [5.41, 5.74) is 12.5. The molecule has 290 valence electrons. The summed E-state index contributed by atoms with van der Waals surface area (Å²) >= 11 is 0. The van der Waals surface area contributed by atoms with Crippen LogP contribution in [0, 0.1) is 0 Å². The van der Waals surface area contributed by atoms with Crippen LogP contribution in [0.3, 0.4) is 0 Å². The second-order valence-corrected chi connectivity index (χ2v) is 14.2. The lowest BCUT2D eigenvalue weighted by Crippen LogP contribution is -2.29. The Labute approximate surface area is 333 Å². The maximum atomic E-state index is 6.46. The van der Waals surface area contributed by atoms with Crippen molar-refractivity contribution in [2.75, 3.05) is 33.2 Å². The first-order valence-corrected chi connectivity index (χ1v) is 19.6. The summed E-state index contributed by atoms with van der Waals surface area (Å²) in [4.78, 5) is 4.87. The van der Waals surface area contributed by atoms with Gasteiger partial charge in [-0.05, 0) is 97.2 Å². The molecule has 0 aromatic heterocycles. The fraction of sp³-hybridized carbons (Fsp3) is 0.265. The summed E-state index contributed by atoms with van der Waals surface area (Å²) in [5.74, 6) is 2.93. The van der Waals surface area contributed by atoms with Gasteiger partial charge in [-0.2, -0.15) is 0 Å². The Morgan fingerprint density at radius 1 is 0.393 bits per heavy atom. The maximum absolute atomic E-state index is 6.46. The molecular weight excluding hydrogens is 695 g/mol. The van der Waals surface area contributed by atoms with E-state index in [-0.39, 0.29) is 0 Å². The summed E-state index contributed by atoms with van der Waals surface area (Å²) in [7, 11) is 2.18. The molecule has 2 N–H and O–H groups in total. The first-order valence-electron chi connectivity index (χ1n) is 19.6. The minimum atomic E-state index is 0.454. The molecule has 0 unspecified atom stereocenters. The fourth-order valence-electron chi connectivity index (χ4n) is 6.47. The van der Waals surface area contributed by atoms with E-state index in [1.807, 2.05) is 84.9 Å². The van der Waals surface area contributed by atoms with Crippen molar-refractivity contribution in [3.05, 3.63) is 191 Å². The third-order valence-corrected chi connectivity index (χ3v) is 9.54. The molecule has 0 saturated heterocycles. The Hall–Kier alpha value is -5.60. The third-order valence-electron chi connectivity index (χ3n) is 9.54. The molecule has 7 nitrogen and oxygen atoms in total. The quantitative estimate of drug-likeness (QED) is 0.0700. The molecule has 0 heterocycles. The number of hydrogen-bond donors (Lipinski definition) is 1. The average molecular weight is 750 g/mol. The summed E-state index contributed by atoms with van der Waals surface area (Å²) < 4.78 is 25.6. The van der Waals surface area contributed by atoms with Crippen molar-refractivity contribution >= 4 is 0 Å². The van der Waals surface area contributed by atoms with Crippen LogP contribution in [0.25, 0.3) is 0 Å². The van der Waals surface area contributed by atoms with Crippen molar-refractivity contribution in [3.8, 4) is 23.0 Å². The fourth-order valence-corrected chi connectivity index (χ4v) is 6.47. The van der Waals surface area contributed by atoms with Gasteiger partial charge in [0, 0.05) is 19.6 Å². The second-order valence-electron chi connectivity index (χ2n) is 14.2. The van der Waals surface area contributed by atoms with Crippen LogP contribution in [0.15, 0.2) is 158 Å². The van der Waals surface area contributed by atoms with Crippen molar-refractivity contribution in [3.63, 3.8) is 0 Å². The van der Waals surface area contributed by atoms with Gasteiger partial charge >= 0.3 is 0 Å². The first-order chi connectivity index (χ1) is 27.6. The Bertz CT molecular complexity index is 1860. The highest BCUT2D eigenvalue weighted by molar-refractivity contribution is 5.45. The van der Waals surface area contributed by atoms with Crippen molar-refractivity contribution in [2.24, 2.45) is 5.73 Å². The number of hydrogen-bond acceptors (Lipinski definition) is 7. The van der Waals surface area contributed by atoms with Gasteiger partial charge in [-0.3, -0.25) is 4.90 Å². The monoisotopic (exact) mass is 749 g/mol. The number of nitrogens with zero attached hydrogens (tertiary/aromatic N) is 2. The maximum Gasteiger partial charge on any atom is 0.162 e. The van der Waals surface area contributed by atoms with Crippen LogP contribution in [0.5, 0.6) is 23.0 Å². The molecule has 6 aromatic carbocycles. The highest BCUT2D eigenvalue weighted by Crippen LogP contribution is 2.33. The summed E-state index contributed by atoms with van der Waals surface area (Å²) in [6.45, 7) is 6.91. The first kappa shape index (κ1) is 40.1. The van der Waals surface area contributed by atoms with E-state index in [0.717, 1.165) is 102 Å². The predicted octanol–water partition coefficient (Wildman–Crippen LogP) is 9.68. The average Bonchev–Trinajstić information content (AvgIpc) is 3.25. The normalized spacial score (nSPS) is 11.1. The lowest BCUT2D eigenvalue weighted by molar-refractivity contribution is 0.227. The third kappa shape index (κ3) is 13.3. The summed E-state index contributed by atoms with van der Waals surface area (Å²) in [6, 6.07) is 53.6. The Balaban J connectivity index is 1.22. The smallest absolute Gasteiger partial charge is 0.162 e. The highest BCUT2D eigenvalue weighted by atomic mass is 16.5. The van der Waals surface area contributed by atoms with Crippen LogP contribution in [0.4, 0.5) is 0 Å². The molecule has 0 atom stereocenters. The molecule has 0 aliphatic carbocycles. The zero-order valence-electron chi connectivity index (χ0n) is 32.6. The van der Waals surface area contributed by atoms with Gasteiger partial charge in [-0.25, -0.2) is 0 Å². The molecule has 0 amide bonds. The van der Waals surface area contributed by atoms with Gasteiger partial charge in [-0.1, -0.05) is 133 Å². The molecule has 0 saturated carbocycles. The molecule has 0 radical (unpaired) electrons. The number of rotatable bonds is 23. The molecule has 0 aliphatic heterocycles. The predicted molar refractivity (Wildman–Crippen MR) is 226 cm³/mol. The minimum Gasteiger partial charge on any atom is -0.485 e. The van der Waals surface area contributed by atoms with Crippen LogP contribution in [0.1, 0.15) is 46.2 Å². The number of benzene rings is 6. The standard InChI is InChI=1S/C49H55N3O4/c1-51(29-14-28-50)30-15-31-52(34-44-24-26-46(53-36-40-16-6-2-7-17-40)48(32-44)55-38-42-20-10-4-11-21-42)35-45-25-27-47(54-37-41-18-8-3-9-19-41)49(33-45)56-39-43-22-12-5-13-23-43/h2-13,16-27,32-33H,14-15,28-31,34-39,50H2,1H3. The van der Waals surface area contributed by atoms with Crippen molar-refractivity contribution in [1.82, 2.24) is 9.80 Å². The molecule has 0 spiro atoms. The Kier molecular flexibility index (Phi) is 15.8. The Morgan fingerprint density at radius 3 is 1.12 bits per heavy atom. The van der Waals surface area contributed by atoms with E-state index in [4.69, 9.17) is 24.7 Å². The van der Waals surface area contributed by atoms with Crippen LogP contribution in [-0.4, -0.2) is 43.0 Å². The van der Waals surface area contributed by atoms with Gasteiger partial charge in [0.2, 0.25) is 0 Å². The zero-order valence-corrected chi connectivity index (χ0v) is 32.6. The molecule has 0 fully saturated rings. The zero-order chi connectivity index (χ0) is 38.6. The molecule has 0 aliphatic rings. The van der Waals surface area contributed by atoms with Gasteiger partial charge in [0.05, 0.1) is 0 Å². The van der Waals surface area contributed by atoms with Crippen molar-refractivity contribution in [2.45, 2.75) is 52.4 Å². The van der Waals surface area contributed by atoms with Crippen LogP contribution in [-0.2, 0) is 39.5 Å². The van der Waals surface area contributed by atoms with Crippen LogP contribution < -0.4 is 24.7 Å². The summed E-state index contributed by atoms with van der Waals surface area (Å²) in [6.07, 6.45) is 2.02. The van der Waals surface area contributed by atoms with Gasteiger partial charge in [0.25, 0.3) is 0 Å². The van der Waals surface area contributed by atoms with Crippen LogP contribution in [0.2, 0.25) is 0 Å². The van der Waals surface area contributed by atoms with E-state index in [1.165, 1.54) is 0 Å². The SMILES string of the molecule is CN(CCCN)CCCN(Cc1ccc(OCc2ccccc2)c(OCc2ccccc2)c1)Cc1ccc(OCc2ccccc2)c(OCc2ccccc2)c1. The van der Waals surface area contributed by atoms with Gasteiger partial charge < -0.3 is 29.6 Å². The van der Waals surface area contributed by atoms with Crippen molar-refractivity contribution in [1.29, 1.82) is 0 Å². The Morgan fingerprint density at radius 2 is 0.750 bits per heavy atom. The van der Waals surface area contributed by atoms with E-state index in [2.05, 4.69) is 89.6 Å². The van der Waals surface area contributed by atoms with Gasteiger partial charge in [0.15, 0.2) is 23.0 Å². The minimum absolute atomic E-state index is 0.454. The molecule has 7 heteroatoms. The van der Waals surface area contributed by atoms with Crippen LogP contribution >= 0.6 is 0 Å². The lowest BCUT2D eigenvalue weighted by Gasteiger charge is -2.25. The lowest BCUT2D eigenvalue weighted by atomic mass is 10.1. The molecule has 0 bridgehead atoms. The molecule has 6 aromatic rings. The summed E-state index contributed by atoms with van der Waals surface area (Å²) in [5, 5.41) is 0. The van der Waals surface area contributed by atoms with E-state index in [0.29, 0.717) is 33.0 Å². The highest BCUT2D eigenvalue weighted by Gasteiger charge is 2.15. The molecular formula is C49H55N3O4. The molecule has 56 heavy (non-hydrogen) atoms. The topological polar surface area (TPSA) is 69.4 Å². The number of nitrogens with two attached hydrogens (primary N) is 1.